The number of aliphatic hydroxyl groups is 1. The molecule has 0 amide bonds. The second-order valence-corrected chi connectivity index (χ2v) is 5.94. The van der Waals surface area contributed by atoms with Crippen molar-refractivity contribution in [2.75, 3.05) is 19.8 Å². The number of aliphatic hydroxyl groups excluding tert-OH is 1. The molecule has 21 heavy (non-hydrogen) atoms. The van der Waals surface area contributed by atoms with Gasteiger partial charge in [0.1, 0.15) is 11.5 Å². The van der Waals surface area contributed by atoms with E-state index in [1.54, 1.807) is 0 Å². The van der Waals surface area contributed by atoms with Gasteiger partial charge in [-0.1, -0.05) is 20.8 Å². The van der Waals surface area contributed by atoms with Crippen LogP contribution in [0.2, 0.25) is 0 Å². The predicted octanol–water partition coefficient (Wildman–Crippen LogP) is 2.99. The summed E-state index contributed by atoms with van der Waals surface area (Å²) in [5.74, 6) is 1.69. The van der Waals surface area contributed by atoms with Crippen LogP contribution in [-0.4, -0.2) is 36.5 Å². The van der Waals surface area contributed by atoms with Gasteiger partial charge in [0.05, 0.1) is 19.8 Å². The van der Waals surface area contributed by atoms with Gasteiger partial charge in [-0.05, 0) is 37.6 Å². The van der Waals surface area contributed by atoms with Crippen LogP contribution >= 0.6 is 0 Å². The Morgan fingerprint density at radius 3 is 2.05 bits per heavy atom. The van der Waals surface area contributed by atoms with Crippen molar-refractivity contribution in [3.8, 4) is 11.5 Å². The Hall–Kier alpha value is -1.26. The van der Waals surface area contributed by atoms with Crippen molar-refractivity contribution in [1.82, 2.24) is 5.32 Å². The van der Waals surface area contributed by atoms with E-state index in [2.05, 4.69) is 26.1 Å². The fourth-order valence-corrected chi connectivity index (χ4v) is 2.14. The normalized spacial score (nSPS) is 14.0. The third-order valence-corrected chi connectivity index (χ3v) is 3.21. The minimum atomic E-state index is -0.307. The number of nitrogens with one attached hydrogen (secondary N) is 1. The fraction of sp³-hybridized carbons (Fsp3) is 0.647. The molecule has 0 heterocycles. The molecule has 0 aliphatic carbocycles. The summed E-state index contributed by atoms with van der Waals surface area (Å²) in [6.07, 6.45) is 1.75. The summed E-state index contributed by atoms with van der Waals surface area (Å²) in [4.78, 5) is 0. The van der Waals surface area contributed by atoms with E-state index in [1.165, 1.54) is 0 Å². The maximum atomic E-state index is 9.52. The van der Waals surface area contributed by atoms with Gasteiger partial charge in [0.15, 0.2) is 0 Å². The first-order valence-electron chi connectivity index (χ1n) is 7.73. The smallest absolute Gasteiger partial charge is 0.119 e. The summed E-state index contributed by atoms with van der Waals surface area (Å²) in [5.41, 5.74) is -0.307. The lowest BCUT2D eigenvalue weighted by molar-refractivity contribution is 0.136. The van der Waals surface area contributed by atoms with Gasteiger partial charge in [0, 0.05) is 18.0 Å². The molecule has 0 aliphatic heterocycles. The molecular formula is C17H29NO3. The SMILES string of the molecule is CCCOc1ccc(OCCC(C)(CO)NC(C)C)cc1. The number of hydrogen-bond acceptors (Lipinski definition) is 4. The molecule has 4 nitrogen and oxygen atoms in total. The highest BCUT2D eigenvalue weighted by molar-refractivity contribution is 5.31. The minimum absolute atomic E-state index is 0.0956. The quantitative estimate of drug-likeness (QED) is 0.697. The van der Waals surface area contributed by atoms with Crippen LogP contribution in [0.4, 0.5) is 0 Å². The summed E-state index contributed by atoms with van der Waals surface area (Å²) in [6.45, 7) is 9.63. The topological polar surface area (TPSA) is 50.7 Å². The summed E-state index contributed by atoms with van der Waals surface area (Å²) in [7, 11) is 0. The van der Waals surface area contributed by atoms with E-state index in [1.807, 2.05) is 31.2 Å². The molecule has 120 valence electrons. The van der Waals surface area contributed by atoms with Gasteiger partial charge in [-0.25, -0.2) is 0 Å². The fourth-order valence-electron chi connectivity index (χ4n) is 2.14. The Kier molecular flexibility index (Phi) is 7.54. The molecule has 2 N–H and O–H groups in total. The van der Waals surface area contributed by atoms with Gasteiger partial charge in [0.25, 0.3) is 0 Å². The number of hydrogen-bond donors (Lipinski definition) is 2. The van der Waals surface area contributed by atoms with Crippen LogP contribution in [-0.2, 0) is 0 Å². The van der Waals surface area contributed by atoms with Gasteiger partial charge in [-0.2, -0.15) is 0 Å². The number of benzene rings is 1. The molecule has 0 aliphatic rings. The summed E-state index contributed by atoms with van der Waals surface area (Å²) in [6, 6.07) is 8.00. The van der Waals surface area contributed by atoms with E-state index in [4.69, 9.17) is 9.47 Å². The Morgan fingerprint density at radius 2 is 1.62 bits per heavy atom. The zero-order valence-electron chi connectivity index (χ0n) is 13.7. The highest BCUT2D eigenvalue weighted by Crippen LogP contribution is 2.19. The predicted molar refractivity (Wildman–Crippen MR) is 86.1 cm³/mol. The zero-order chi connectivity index (χ0) is 15.7. The van der Waals surface area contributed by atoms with Gasteiger partial charge in [0.2, 0.25) is 0 Å². The zero-order valence-corrected chi connectivity index (χ0v) is 13.7. The first-order chi connectivity index (χ1) is 9.99. The van der Waals surface area contributed by atoms with Crippen LogP contribution in [0.15, 0.2) is 24.3 Å². The van der Waals surface area contributed by atoms with Crippen molar-refractivity contribution >= 4 is 0 Å². The molecule has 0 bridgehead atoms. The van der Waals surface area contributed by atoms with Crippen LogP contribution in [0.3, 0.4) is 0 Å². The molecular weight excluding hydrogens is 266 g/mol. The van der Waals surface area contributed by atoms with Crippen molar-refractivity contribution in [3.05, 3.63) is 24.3 Å². The average Bonchev–Trinajstić information content (AvgIpc) is 2.45. The summed E-state index contributed by atoms with van der Waals surface area (Å²) in [5, 5.41) is 12.9. The van der Waals surface area contributed by atoms with Crippen molar-refractivity contribution < 1.29 is 14.6 Å². The lowest BCUT2D eigenvalue weighted by atomic mass is 9.98. The van der Waals surface area contributed by atoms with Gasteiger partial charge in [-0.3, -0.25) is 0 Å². The first-order valence-corrected chi connectivity index (χ1v) is 7.73. The van der Waals surface area contributed by atoms with Crippen molar-refractivity contribution in [1.29, 1.82) is 0 Å². The van der Waals surface area contributed by atoms with E-state index >= 15 is 0 Å². The highest BCUT2D eigenvalue weighted by atomic mass is 16.5. The maximum Gasteiger partial charge on any atom is 0.119 e. The molecule has 4 heteroatoms. The molecule has 1 rings (SSSR count). The second-order valence-electron chi connectivity index (χ2n) is 5.94. The van der Waals surface area contributed by atoms with Crippen molar-refractivity contribution in [2.24, 2.45) is 0 Å². The highest BCUT2D eigenvalue weighted by Gasteiger charge is 2.23. The molecule has 1 aromatic rings. The van der Waals surface area contributed by atoms with Gasteiger partial charge in [-0.15, -0.1) is 0 Å². The molecule has 0 aromatic heterocycles. The molecule has 1 aromatic carbocycles. The first kappa shape index (κ1) is 17.8. The van der Waals surface area contributed by atoms with Gasteiger partial charge < -0.3 is 19.9 Å². The molecule has 1 atom stereocenters. The molecule has 0 radical (unpaired) electrons. The molecule has 0 saturated heterocycles. The number of rotatable bonds is 10. The third-order valence-electron chi connectivity index (χ3n) is 3.21. The monoisotopic (exact) mass is 295 g/mol. The second kappa shape index (κ2) is 8.90. The van der Waals surface area contributed by atoms with Crippen LogP contribution < -0.4 is 14.8 Å². The Labute approximate surface area is 128 Å². The van der Waals surface area contributed by atoms with Crippen LogP contribution in [0.5, 0.6) is 11.5 Å². The Bertz CT molecular complexity index is 392. The summed E-state index contributed by atoms with van der Waals surface area (Å²) < 4.78 is 11.3. The van der Waals surface area contributed by atoms with Gasteiger partial charge >= 0.3 is 0 Å². The Morgan fingerprint density at radius 1 is 1.10 bits per heavy atom. The van der Waals surface area contributed by atoms with E-state index in [-0.39, 0.29) is 12.1 Å². The van der Waals surface area contributed by atoms with Crippen molar-refractivity contribution in [3.63, 3.8) is 0 Å². The largest absolute Gasteiger partial charge is 0.494 e. The molecule has 0 spiro atoms. The Balaban J connectivity index is 2.40. The number of ether oxygens (including phenoxy) is 2. The van der Waals surface area contributed by atoms with Crippen LogP contribution in [0, 0.1) is 0 Å². The minimum Gasteiger partial charge on any atom is -0.494 e. The molecule has 0 saturated carbocycles. The van der Waals surface area contributed by atoms with Crippen molar-refractivity contribution in [2.45, 2.75) is 52.1 Å². The third kappa shape index (κ3) is 6.82. The molecule has 1 unspecified atom stereocenters. The van der Waals surface area contributed by atoms with E-state index in [0.29, 0.717) is 12.6 Å². The average molecular weight is 295 g/mol. The van der Waals surface area contributed by atoms with Crippen LogP contribution in [0.1, 0.15) is 40.5 Å². The molecule has 0 fully saturated rings. The van der Waals surface area contributed by atoms with Crippen LogP contribution in [0.25, 0.3) is 0 Å². The lowest BCUT2D eigenvalue weighted by Gasteiger charge is -2.31. The maximum absolute atomic E-state index is 9.52. The van der Waals surface area contributed by atoms with E-state index in [9.17, 15) is 5.11 Å². The summed E-state index contributed by atoms with van der Waals surface area (Å²) >= 11 is 0. The van der Waals surface area contributed by atoms with E-state index < -0.39 is 0 Å². The lowest BCUT2D eigenvalue weighted by Crippen LogP contribution is -2.49. The van der Waals surface area contributed by atoms with E-state index in [0.717, 1.165) is 30.9 Å². The standard InChI is InChI=1S/C17H29NO3/c1-5-11-20-15-6-8-16(9-7-15)21-12-10-17(4,13-19)18-14(2)3/h6-9,14,18-19H,5,10-13H2,1-4H3.